The number of carbonyl (C=O) groups excluding carboxylic acids is 1. The van der Waals surface area contributed by atoms with Crippen LogP contribution >= 0.6 is 0 Å². The average Bonchev–Trinajstić information content (AvgIpc) is 2.64. The second-order valence-corrected chi connectivity index (χ2v) is 2.14. The van der Waals surface area contributed by atoms with E-state index in [9.17, 15) is 4.79 Å². The van der Waals surface area contributed by atoms with E-state index in [1.807, 2.05) is 0 Å². The van der Waals surface area contributed by atoms with Crippen LogP contribution in [0.15, 0.2) is 0 Å². The topological polar surface area (TPSA) is 35.5 Å². The van der Waals surface area contributed by atoms with E-state index in [0.29, 0.717) is 0 Å². The molecule has 2 unspecified atom stereocenters. The number of methoxy groups -OCH3 is 2. The first-order valence-corrected chi connectivity index (χ1v) is 2.90. The Morgan fingerprint density at radius 3 is 2.56 bits per heavy atom. The van der Waals surface area contributed by atoms with Crippen molar-refractivity contribution in [3.8, 4) is 0 Å². The molecule has 0 aromatic heterocycles. The standard InChI is InChI=1S/C6H10O3/c1-8-5-3-4(5)6(7)9-2/h4-5H,3H2,1-2H3. The predicted octanol–water partition coefficient (Wildman–Crippen LogP) is 0.194. The van der Waals surface area contributed by atoms with Crippen molar-refractivity contribution in [2.45, 2.75) is 12.5 Å². The minimum Gasteiger partial charge on any atom is -0.469 e. The van der Waals surface area contributed by atoms with Gasteiger partial charge in [-0.15, -0.1) is 0 Å². The Bertz CT molecular complexity index is 121. The van der Waals surface area contributed by atoms with Gasteiger partial charge in [-0.3, -0.25) is 4.79 Å². The highest BCUT2D eigenvalue weighted by molar-refractivity contribution is 5.76. The van der Waals surface area contributed by atoms with E-state index in [4.69, 9.17) is 4.74 Å². The second kappa shape index (κ2) is 2.35. The van der Waals surface area contributed by atoms with Crippen molar-refractivity contribution in [1.29, 1.82) is 0 Å². The van der Waals surface area contributed by atoms with Gasteiger partial charge in [-0.1, -0.05) is 0 Å². The largest absolute Gasteiger partial charge is 0.469 e. The lowest BCUT2D eigenvalue weighted by Crippen LogP contribution is -2.06. The summed E-state index contributed by atoms with van der Waals surface area (Å²) < 4.78 is 9.38. The van der Waals surface area contributed by atoms with Crippen LogP contribution < -0.4 is 0 Å². The van der Waals surface area contributed by atoms with E-state index in [1.165, 1.54) is 7.11 Å². The third-order valence-electron chi connectivity index (χ3n) is 1.54. The summed E-state index contributed by atoms with van der Waals surface area (Å²) in [6, 6.07) is 0. The highest BCUT2D eigenvalue weighted by atomic mass is 16.5. The first-order valence-electron chi connectivity index (χ1n) is 2.90. The summed E-state index contributed by atoms with van der Waals surface area (Å²) in [5.74, 6) is -0.137. The molecule has 9 heavy (non-hydrogen) atoms. The summed E-state index contributed by atoms with van der Waals surface area (Å²) in [7, 11) is 3.00. The molecule has 52 valence electrons. The molecule has 1 aliphatic rings. The fraction of sp³-hybridized carbons (Fsp3) is 0.833. The first-order chi connectivity index (χ1) is 4.29. The van der Waals surface area contributed by atoms with Gasteiger partial charge in [0.2, 0.25) is 0 Å². The lowest BCUT2D eigenvalue weighted by Gasteiger charge is -1.94. The molecule has 1 rings (SSSR count). The molecule has 1 saturated carbocycles. The van der Waals surface area contributed by atoms with Gasteiger partial charge >= 0.3 is 5.97 Å². The van der Waals surface area contributed by atoms with Crippen LogP contribution in [0.4, 0.5) is 0 Å². The molecular weight excluding hydrogens is 120 g/mol. The van der Waals surface area contributed by atoms with Gasteiger partial charge in [0.15, 0.2) is 0 Å². The van der Waals surface area contributed by atoms with E-state index >= 15 is 0 Å². The number of hydrogen-bond acceptors (Lipinski definition) is 3. The number of hydrogen-bond donors (Lipinski definition) is 0. The minimum atomic E-state index is -0.151. The van der Waals surface area contributed by atoms with Crippen LogP contribution in [0.3, 0.4) is 0 Å². The van der Waals surface area contributed by atoms with Gasteiger partial charge in [-0.05, 0) is 6.42 Å². The van der Waals surface area contributed by atoms with E-state index in [0.717, 1.165) is 6.42 Å². The Morgan fingerprint density at radius 1 is 1.56 bits per heavy atom. The van der Waals surface area contributed by atoms with Crippen molar-refractivity contribution in [3.05, 3.63) is 0 Å². The van der Waals surface area contributed by atoms with Crippen molar-refractivity contribution in [2.24, 2.45) is 5.92 Å². The quantitative estimate of drug-likeness (QED) is 0.501. The Kier molecular flexibility index (Phi) is 1.71. The van der Waals surface area contributed by atoms with Crippen LogP contribution in [-0.4, -0.2) is 26.3 Å². The lowest BCUT2D eigenvalue weighted by molar-refractivity contribution is -0.143. The molecule has 0 aromatic carbocycles. The zero-order valence-corrected chi connectivity index (χ0v) is 5.59. The molecule has 2 atom stereocenters. The molecule has 0 bridgehead atoms. The Balaban J connectivity index is 2.25. The summed E-state index contributed by atoms with van der Waals surface area (Å²) in [6.07, 6.45) is 0.945. The Labute approximate surface area is 53.9 Å². The Morgan fingerprint density at radius 2 is 2.22 bits per heavy atom. The maximum absolute atomic E-state index is 10.6. The monoisotopic (exact) mass is 130 g/mol. The van der Waals surface area contributed by atoms with Gasteiger partial charge in [0, 0.05) is 7.11 Å². The number of rotatable bonds is 2. The third-order valence-corrected chi connectivity index (χ3v) is 1.54. The molecule has 0 amide bonds. The van der Waals surface area contributed by atoms with Gasteiger partial charge in [-0.25, -0.2) is 0 Å². The second-order valence-electron chi connectivity index (χ2n) is 2.14. The fourth-order valence-electron chi connectivity index (χ4n) is 0.832. The summed E-state index contributed by atoms with van der Waals surface area (Å²) in [4.78, 5) is 10.6. The van der Waals surface area contributed by atoms with Gasteiger partial charge < -0.3 is 9.47 Å². The zero-order chi connectivity index (χ0) is 6.85. The third kappa shape index (κ3) is 1.21. The van der Waals surface area contributed by atoms with Gasteiger partial charge in [0.1, 0.15) is 0 Å². The molecule has 0 aromatic rings. The van der Waals surface area contributed by atoms with Crippen molar-refractivity contribution < 1.29 is 14.3 Å². The molecule has 3 nitrogen and oxygen atoms in total. The normalized spacial score (nSPS) is 31.8. The summed E-state index contributed by atoms with van der Waals surface area (Å²) in [5, 5.41) is 0. The minimum absolute atomic E-state index is 0.0139. The molecule has 0 heterocycles. The Hall–Kier alpha value is -0.570. The van der Waals surface area contributed by atoms with E-state index < -0.39 is 0 Å². The summed E-state index contributed by atoms with van der Waals surface area (Å²) in [5.41, 5.74) is 0. The number of ether oxygens (including phenoxy) is 2. The highest BCUT2D eigenvalue weighted by Crippen LogP contribution is 2.33. The van der Waals surface area contributed by atoms with E-state index in [1.54, 1.807) is 7.11 Å². The maximum atomic E-state index is 10.6. The van der Waals surface area contributed by atoms with Crippen LogP contribution in [0.1, 0.15) is 6.42 Å². The first kappa shape index (κ1) is 6.55. The molecule has 0 spiro atoms. The van der Waals surface area contributed by atoms with Crippen molar-refractivity contribution >= 4 is 5.97 Å². The molecule has 1 fully saturated rings. The molecular formula is C6H10O3. The summed E-state index contributed by atoms with van der Waals surface area (Å²) >= 11 is 0. The summed E-state index contributed by atoms with van der Waals surface area (Å²) in [6.45, 7) is 0. The van der Waals surface area contributed by atoms with Crippen LogP contribution in [0.5, 0.6) is 0 Å². The van der Waals surface area contributed by atoms with Crippen LogP contribution in [-0.2, 0) is 14.3 Å². The van der Waals surface area contributed by atoms with Crippen molar-refractivity contribution in [3.63, 3.8) is 0 Å². The molecule has 1 aliphatic carbocycles. The molecule has 0 radical (unpaired) electrons. The maximum Gasteiger partial charge on any atom is 0.311 e. The van der Waals surface area contributed by atoms with Crippen LogP contribution in [0, 0.1) is 5.92 Å². The van der Waals surface area contributed by atoms with Crippen LogP contribution in [0.2, 0.25) is 0 Å². The van der Waals surface area contributed by atoms with E-state index in [2.05, 4.69) is 4.74 Å². The number of carbonyl (C=O) groups is 1. The molecule has 0 aliphatic heterocycles. The smallest absolute Gasteiger partial charge is 0.311 e. The van der Waals surface area contributed by atoms with Gasteiger partial charge in [-0.2, -0.15) is 0 Å². The number of esters is 1. The van der Waals surface area contributed by atoms with Gasteiger partial charge in [0.25, 0.3) is 0 Å². The molecule has 0 saturated heterocycles. The fourth-order valence-corrected chi connectivity index (χ4v) is 0.832. The zero-order valence-electron chi connectivity index (χ0n) is 5.59. The average molecular weight is 130 g/mol. The molecule has 3 heteroatoms. The SMILES string of the molecule is COC(=O)C1CC1OC. The lowest BCUT2D eigenvalue weighted by atomic mass is 10.4. The van der Waals surface area contributed by atoms with Crippen molar-refractivity contribution in [2.75, 3.05) is 14.2 Å². The highest BCUT2D eigenvalue weighted by Gasteiger charge is 2.44. The predicted molar refractivity (Wildman–Crippen MR) is 30.9 cm³/mol. The van der Waals surface area contributed by atoms with Crippen LogP contribution in [0.25, 0.3) is 0 Å². The van der Waals surface area contributed by atoms with E-state index in [-0.39, 0.29) is 18.0 Å². The van der Waals surface area contributed by atoms with Gasteiger partial charge in [0.05, 0.1) is 19.1 Å². The van der Waals surface area contributed by atoms with Crippen molar-refractivity contribution in [1.82, 2.24) is 0 Å². The molecule has 0 N–H and O–H groups in total.